The Labute approximate surface area is 132 Å². The third-order valence-corrected chi connectivity index (χ3v) is 3.98. The zero-order valence-electron chi connectivity index (χ0n) is 11.2. The summed E-state index contributed by atoms with van der Waals surface area (Å²) in [4.78, 5) is 28.6. The SMILES string of the molecule is Cc1cc(O)c(C(=O)/C=C/c2c(Cl)nc3sccn23)c(=O)o1. The summed E-state index contributed by atoms with van der Waals surface area (Å²) in [5, 5.41) is 11.8. The molecule has 8 heteroatoms. The number of carbonyl (C=O) groups excluding carboxylic acids is 1. The van der Waals surface area contributed by atoms with E-state index in [-0.39, 0.29) is 10.9 Å². The van der Waals surface area contributed by atoms with Crippen molar-refractivity contribution < 1.29 is 14.3 Å². The molecule has 0 aliphatic rings. The highest BCUT2D eigenvalue weighted by Gasteiger charge is 2.16. The minimum atomic E-state index is -0.882. The Morgan fingerprint density at radius 1 is 1.55 bits per heavy atom. The van der Waals surface area contributed by atoms with E-state index in [4.69, 9.17) is 16.0 Å². The monoisotopic (exact) mass is 336 g/mol. The van der Waals surface area contributed by atoms with Gasteiger partial charge < -0.3 is 9.52 Å². The number of aromatic nitrogens is 2. The Morgan fingerprint density at radius 3 is 3.05 bits per heavy atom. The summed E-state index contributed by atoms with van der Waals surface area (Å²) < 4.78 is 6.53. The molecular formula is C14H9ClN2O4S. The molecule has 0 aromatic carbocycles. The lowest BCUT2D eigenvalue weighted by Gasteiger charge is -1.99. The van der Waals surface area contributed by atoms with Gasteiger partial charge in [0.1, 0.15) is 17.1 Å². The fraction of sp³-hybridized carbons (Fsp3) is 0.0714. The number of thiazole rings is 1. The van der Waals surface area contributed by atoms with Crippen molar-refractivity contribution in [3.05, 3.63) is 56.3 Å². The third kappa shape index (κ3) is 2.44. The van der Waals surface area contributed by atoms with Crippen molar-refractivity contribution in [1.82, 2.24) is 9.38 Å². The second kappa shape index (κ2) is 5.43. The van der Waals surface area contributed by atoms with Crippen molar-refractivity contribution in [3.8, 4) is 5.75 Å². The summed E-state index contributed by atoms with van der Waals surface area (Å²) in [6.45, 7) is 1.50. The van der Waals surface area contributed by atoms with Gasteiger partial charge in [-0.2, -0.15) is 0 Å². The number of imidazole rings is 1. The Morgan fingerprint density at radius 2 is 2.32 bits per heavy atom. The number of aryl methyl sites for hydroxylation is 1. The lowest BCUT2D eigenvalue weighted by atomic mass is 10.1. The summed E-state index contributed by atoms with van der Waals surface area (Å²) in [5.74, 6) is -0.863. The summed E-state index contributed by atoms with van der Waals surface area (Å²) in [7, 11) is 0. The number of fused-ring (bicyclic) bond motifs is 1. The molecule has 0 aliphatic heterocycles. The molecule has 6 nitrogen and oxygen atoms in total. The van der Waals surface area contributed by atoms with Crippen LogP contribution in [0.3, 0.4) is 0 Å². The Kier molecular flexibility index (Phi) is 3.59. The van der Waals surface area contributed by atoms with Gasteiger partial charge in [0.25, 0.3) is 0 Å². The number of rotatable bonds is 3. The molecule has 3 aromatic heterocycles. The van der Waals surface area contributed by atoms with Crippen LogP contribution in [0.5, 0.6) is 5.75 Å². The van der Waals surface area contributed by atoms with Crippen LogP contribution < -0.4 is 5.63 Å². The molecule has 0 unspecified atom stereocenters. The van der Waals surface area contributed by atoms with Gasteiger partial charge in [0.2, 0.25) is 0 Å². The van der Waals surface area contributed by atoms with Crippen LogP contribution in [0.2, 0.25) is 5.15 Å². The summed E-state index contributed by atoms with van der Waals surface area (Å²) in [6.07, 6.45) is 4.35. The fourth-order valence-corrected chi connectivity index (χ4v) is 2.99. The first kappa shape index (κ1) is 14.6. The molecule has 112 valence electrons. The molecule has 0 fully saturated rings. The van der Waals surface area contributed by atoms with Crippen LogP contribution in [-0.2, 0) is 0 Å². The molecule has 3 rings (SSSR count). The molecule has 0 spiro atoms. The van der Waals surface area contributed by atoms with E-state index in [1.807, 2.05) is 5.38 Å². The maximum atomic E-state index is 12.1. The maximum Gasteiger partial charge on any atom is 0.351 e. The third-order valence-electron chi connectivity index (χ3n) is 2.95. The largest absolute Gasteiger partial charge is 0.507 e. The van der Waals surface area contributed by atoms with Crippen LogP contribution in [0.4, 0.5) is 0 Å². The van der Waals surface area contributed by atoms with Crippen LogP contribution in [0.25, 0.3) is 11.0 Å². The van der Waals surface area contributed by atoms with Gasteiger partial charge in [0.05, 0.1) is 5.69 Å². The van der Waals surface area contributed by atoms with Gasteiger partial charge in [-0.05, 0) is 19.1 Å². The number of hydrogen-bond donors (Lipinski definition) is 1. The van der Waals surface area contributed by atoms with Crippen LogP contribution in [0.1, 0.15) is 21.8 Å². The van der Waals surface area contributed by atoms with Gasteiger partial charge in [0.15, 0.2) is 15.9 Å². The summed E-state index contributed by atoms with van der Waals surface area (Å²) in [5.41, 5.74) is -0.779. The molecule has 0 saturated carbocycles. The van der Waals surface area contributed by atoms with Crippen molar-refractivity contribution in [2.75, 3.05) is 0 Å². The molecule has 3 aromatic rings. The Balaban J connectivity index is 2.00. The molecule has 1 N–H and O–H groups in total. The maximum absolute atomic E-state index is 12.1. The molecule has 0 radical (unpaired) electrons. The molecule has 0 aliphatic carbocycles. The van der Waals surface area contributed by atoms with Crippen LogP contribution in [0.15, 0.2) is 32.9 Å². The van der Waals surface area contributed by atoms with E-state index < -0.39 is 22.7 Å². The quantitative estimate of drug-likeness (QED) is 0.587. The van der Waals surface area contributed by atoms with E-state index in [2.05, 4.69) is 4.98 Å². The van der Waals surface area contributed by atoms with Crippen molar-refractivity contribution in [2.45, 2.75) is 6.92 Å². The van der Waals surface area contributed by atoms with Crippen molar-refractivity contribution >= 4 is 39.8 Å². The van der Waals surface area contributed by atoms with Crippen molar-refractivity contribution in [2.24, 2.45) is 0 Å². The predicted octanol–water partition coefficient (Wildman–Crippen LogP) is 2.91. The number of carbonyl (C=O) groups is 1. The number of halogens is 1. The van der Waals surface area contributed by atoms with E-state index in [1.165, 1.54) is 30.4 Å². The first-order valence-corrected chi connectivity index (χ1v) is 7.40. The number of aromatic hydroxyl groups is 1. The number of allylic oxidation sites excluding steroid dienone is 1. The molecule has 0 saturated heterocycles. The zero-order chi connectivity index (χ0) is 15.9. The minimum absolute atomic E-state index is 0.224. The highest BCUT2D eigenvalue weighted by molar-refractivity contribution is 7.15. The van der Waals surface area contributed by atoms with Gasteiger partial charge in [-0.1, -0.05) is 11.6 Å². The van der Waals surface area contributed by atoms with Gasteiger partial charge in [-0.15, -0.1) is 11.3 Å². The zero-order valence-corrected chi connectivity index (χ0v) is 12.8. The van der Waals surface area contributed by atoms with Crippen molar-refractivity contribution in [1.29, 1.82) is 0 Å². The van der Waals surface area contributed by atoms with E-state index >= 15 is 0 Å². The van der Waals surface area contributed by atoms with Crippen LogP contribution in [-0.4, -0.2) is 20.3 Å². The minimum Gasteiger partial charge on any atom is -0.507 e. The average molecular weight is 337 g/mol. The van der Waals surface area contributed by atoms with Crippen LogP contribution >= 0.6 is 22.9 Å². The lowest BCUT2D eigenvalue weighted by molar-refractivity contribution is 0.104. The van der Waals surface area contributed by atoms with Gasteiger partial charge in [-0.3, -0.25) is 9.20 Å². The molecular weight excluding hydrogens is 328 g/mol. The molecule has 0 atom stereocenters. The van der Waals surface area contributed by atoms with Gasteiger partial charge in [-0.25, -0.2) is 9.78 Å². The highest BCUT2D eigenvalue weighted by atomic mass is 35.5. The molecule has 0 bridgehead atoms. The first-order chi connectivity index (χ1) is 10.5. The second-order valence-corrected chi connectivity index (χ2v) is 5.68. The van der Waals surface area contributed by atoms with Crippen molar-refractivity contribution in [3.63, 3.8) is 0 Å². The van der Waals surface area contributed by atoms with Crippen LogP contribution in [0, 0.1) is 6.92 Å². The second-order valence-electron chi connectivity index (χ2n) is 4.45. The van der Waals surface area contributed by atoms with Gasteiger partial charge >= 0.3 is 5.63 Å². The fourth-order valence-electron chi connectivity index (χ4n) is 1.99. The summed E-state index contributed by atoms with van der Waals surface area (Å²) in [6, 6.07) is 1.21. The Bertz CT molecular complexity index is 967. The standard InChI is InChI=1S/C14H9ClN2O4S/c1-7-6-10(19)11(13(20)21-7)9(18)3-2-8-12(15)16-14-17(8)4-5-22-14/h2-6,19H,1H3/b3-2+. The number of nitrogens with zero attached hydrogens (tertiary/aromatic N) is 2. The average Bonchev–Trinajstić information content (AvgIpc) is 2.96. The molecule has 0 amide bonds. The van der Waals surface area contributed by atoms with E-state index in [0.717, 1.165) is 6.08 Å². The normalized spacial score (nSPS) is 11.5. The number of ketones is 1. The smallest absolute Gasteiger partial charge is 0.351 e. The molecule has 3 heterocycles. The Hall–Kier alpha value is -2.38. The number of hydrogen-bond acceptors (Lipinski definition) is 6. The van der Waals surface area contributed by atoms with Gasteiger partial charge in [0, 0.05) is 17.6 Å². The lowest BCUT2D eigenvalue weighted by Crippen LogP contribution is -2.13. The predicted molar refractivity (Wildman–Crippen MR) is 82.8 cm³/mol. The molecule has 22 heavy (non-hydrogen) atoms. The topological polar surface area (TPSA) is 84.8 Å². The van der Waals surface area contributed by atoms with E-state index in [0.29, 0.717) is 10.7 Å². The van der Waals surface area contributed by atoms with E-state index in [1.54, 1.807) is 10.6 Å². The first-order valence-electron chi connectivity index (χ1n) is 6.14. The van der Waals surface area contributed by atoms with E-state index in [9.17, 15) is 14.7 Å². The highest BCUT2D eigenvalue weighted by Crippen LogP contribution is 2.23. The summed E-state index contributed by atoms with van der Waals surface area (Å²) >= 11 is 7.41.